The zero-order valence-electron chi connectivity index (χ0n) is 14.1. The second-order valence-electron chi connectivity index (χ2n) is 5.96. The van der Waals surface area contributed by atoms with Crippen LogP contribution in [-0.2, 0) is 0 Å². The van der Waals surface area contributed by atoms with E-state index in [1.807, 2.05) is 25.1 Å². The van der Waals surface area contributed by atoms with Crippen LogP contribution in [0.4, 0.5) is 0 Å². The fraction of sp³-hybridized carbons (Fsp3) is 0.250. The molecule has 2 aromatic carbocycles. The maximum absolute atomic E-state index is 12.9. The van der Waals surface area contributed by atoms with Gasteiger partial charge in [0, 0.05) is 12.0 Å². The molecule has 0 amide bonds. The number of hydrogen-bond donors (Lipinski definition) is 0. The van der Waals surface area contributed by atoms with E-state index >= 15 is 0 Å². The van der Waals surface area contributed by atoms with Gasteiger partial charge in [-0.05, 0) is 36.8 Å². The van der Waals surface area contributed by atoms with Crippen molar-refractivity contribution in [1.29, 1.82) is 0 Å². The van der Waals surface area contributed by atoms with Crippen molar-refractivity contribution in [3.8, 4) is 28.4 Å². The third kappa shape index (κ3) is 2.61. The molecule has 0 saturated heterocycles. The monoisotopic (exact) mass is 338 g/mol. The molecule has 5 heteroatoms. The van der Waals surface area contributed by atoms with Crippen molar-refractivity contribution < 1.29 is 18.6 Å². The maximum atomic E-state index is 12.9. The summed E-state index contributed by atoms with van der Waals surface area (Å²) in [4.78, 5) is 12.9. The number of hydrogen-bond acceptors (Lipinski definition) is 5. The molecule has 0 spiro atoms. The summed E-state index contributed by atoms with van der Waals surface area (Å²) >= 11 is 0. The number of methoxy groups -OCH3 is 1. The minimum atomic E-state index is -0.0820. The van der Waals surface area contributed by atoms with Crippen molar-refractivity contribution in [3.05, 3.63) is 52.4 Å². The molecule has 0 fully saturated rings. The van der Waals surface area contributed by atoms with Crippen molar-refractivity contribution in [2.75, 3.05) is 20.3 Å². The third-order valence-electron chi connectivity index (χ3n) is 4.42. The molecule has 25 heavy (non-hydrogen) atoms. The third-order valence-corrected chi connectivity index (χ3v) is 4.42. The molecule has 1 aromatic heterocycles. The van der Waals surface area contributed by atoms with Gasteiger partial charge in [-0.15, -0.1) is 0 Å². The van der Waals surface area contributed by atoms with Crippen LogP contribution in [0.2, 0.25) is 0 Å². The Labute approximate surface area is 144 Å². The van der Waals surface area contributed by atoms with E-state index in [0.717, 1.165) is 17.5 Å². The molecule has 0 radical (unpaired) electrons. The number of ether oxygens (including phenoxy) is 3. The van der Waals surface area contributed by atoms with Gasteiger partial charge in [0.1, 0.15) is 17.6 Å². The van der Waals surface area contributed by atoms with E-state index < -0.39 is 0 Å². The molecule has 4 rings (SSSR count). The molecular weight excluding hydrogens is 320 g/mol. The molecule has 5 nitrogen and oxygen atoms in total. The second-order valence-corrected chi connectivity index (χ2v) is 5.96. The van der Waals surface area contributed by atoms with E-state index in [4.69, 9.17) is 18.6 Å². The lowest BCUT2D eigenvalue weighted by atomic mass is 10.0. The Balaban J connectivity index is 1.86. The number of benzene rings is 2. The van der Waals surface area contributed by atoms with Gasteiger partial charge >= 0.3 is 0 Å². The summed E-state index contributed by atoms with van der Waals surface area (Å²) in [5.41, 5.74) is 2.51. The number of aryl methyl sites for hydroxylation is 1. The molecule has 0 unspecified atom stereocenters. The fourth-order valence-corrected chi connectivity index (χ4v) is 3.07. The summed E-state index contributed by atoms with van der Waals surface area (Å²) in [5.74, 6) is 2.05. The zero-order chi connectivity index (χ0) is 17.4. The van der Waals surface area contributed by atoms with Crippen molar-refractivity contribution in [2.45, 2.75) is 13.3 Å². The Kier molecular flexibility index (Phi) is 3.84. The van der Waals surface area contributed by atoms with Crippen LogP contribution in [0.3, 0.4) is 0 Å². The molecule has 1 aliphatic heterocycles. The van der Waals surface area contributed by atoms with Crippen LogP contribution < -0.4 is 19.6 Å². The molecule has 0 saturated carbocycles. The normalized spacial score (nSPS) is 13.5. The number of rotatable bonds is 2. The summed E-state index contributed by atoms with van der Waals surface area (Å²) in [6, 6.07) is 9.03. The van der Waals surface area contributed by atoms with Gasteiger partial charge in [0.15, 0.2) is 11.5 Å². The molecule has 128 valence electrons. The van der Waals surface area contributed by atoms with Crippen molar-refractivity contribution in [2.24, 2.45) is 0 Å². The van der Waals surface area contributed by atoms with E-state index in [1.165, 1.54) is 6.26 Å². The molecule has 0 bridgehead atoms. The molecule has 0 aliphatic carbocycles. The van der Waals surface area contributed by atoms with Crippen molar-refractivity contribution >= 4 is 11.0 Å². The van der Waals surface area contributed by atoms with E-state index in [9.17, 15) is 4.79 Å². The Morgan fingerprint density at radius 1 is 1.04 bits per heavy atom. The van der Waals surface area contributed by atoms with Gasteiger partial charge < -0.3 is 18.6 Å². The first kappa shape index (κ1) is 15.6. The maximum Gasteiger partial charge on any atom is 0.200 e. The van der Waals surface area contributed by atoms with Gasteiger partial charge in [0.2, 0.25) is 5.43 Å². The average Bonchev–Trinajstić information content (AvgIpc) is 2.87. The first-order chi connectivity index (χ1) is 12.2. The van der Waals surface area contributed by atoms with Crippen LogP contribution >= 0.6 is 0 Å². The minimum Gasteiger partial charge on any atom is -0.496 e. The van der Waals surface area contributed by atoms with Crippen LogP contribution in [0.15, 0.2) is 45.8 Å². The zero-order valence-corrected chi connectivity index (χ0v) is 14.1. The van der Waals surface area contributed by atoms with Crippen LogP contribution in [0, 0.1) is 6.92 Å². The smallest absolute Gasteiger partial charge is 0.200 e. The highest BCUT2D eigenvalue weighted by atomic mass is 16.5. The largest absolute Gasteiger partial charge is 0.496 e. The predicted octanol–water partition coefficient (Wildman–Crippen LogP) is 3.94. The van der Waals surface area contributed by atoms with Crippen LogP contribution in [0.5, 0.6) is 17.2 Å². The van der Waals surface area contributed by atoms with Gasteiger partial charge in [-0.1, -0.05) is 6.07 Å². The van der Waals surface area contributed by atoms with Crippen LogP contribution in [0.25, 0.3) is 22.1 Å². The number of fused-ring (bicyclic) bond motifs is 2. The van der Waals surface area contributed by atoms with Gasteiger partial charge in [-0.25, -0.2) is 0 Å². The summed E-state index contributed by atoms with van der Waals surface area (Å²) in [6.45, 7) is 3.10. The minimum absolute atomic E-state index is 0.0820. The highest BCUT2D eigenvalue weighted by Gasteiger charge is 2.16. The Hall–Kier alpha value is -2.95. The summed E-state index contributed by atoms with van der Waals surface area (Å²) < 4.78 is 22.4. The Bertz CT molecular complexity index is 1000. The van der Waals surface area contributed by atoms with E-state index in [2.05, 4.69) is 0 Å². The lowest BCUT2D eigenvalue weighted by molar-refractivity contribution is 0.297. The predicted molar refractivity (Wildman–Crippen MR) is 94.8 cm³/mol. The van der Waals surface area contributed by atoms with E-state index in [0.29, 0.717) is 47.0 Å². The highest BCUT2D eigenvalue weighted by molar-refractivity contribution is 5.85. The Morgan fingerprint density at radius 3 is 2.64 bits per heavy atom. The van der Waals surface area contributed by atoms with Gasteiger partial charge in [-0.3, -0.25) is 4.79 Å². The molecule has 2 heterocycles. The molecule has 0 atom stereocenters. The van der Waals surface area contributed by atoms with Crippen LogP contribution in [0.1, 0.15) is 12.0 Å². The summed E-state index contributed by atoms with van der Waals surface area (Å²) in [7, 11) is 1.60. The highest BCUT2D eigenvalue weighted by Crippen LogP contribution is 2.34. The second kappa shape index (κ2) is 6.16. The molecule has 1 aliphatic rings. The SMILES string of the molecule is COc1ccc2c(=O)c(-c3ccc4c(c3)OCCCO4)coc2c1C. The standard InChI is InChI=1S/C20H18O5/c1-12-16(22-2)7-5-14-19(21)15(11-25-20(12)14)13-4-6-17-18(10-13)24-9-3-8-23-17/h4-7,10-11H,3,8-9H2,1-2H3. The summed E-state index contributed by atoms with van der Waals surface area (Å²) in [5, 5.41) is 0.530. The molecule has 3 aromatic rings. The van der Waals surface area contributed by atoms with Gasteiger partial charge in [-0.2, -0.15) is 0 Å². The Morgan fingerprint density at radius 2 is 1.84 bits per heavy atom. The lowest BCUT2D eigenvalue weighted by Crippen LogP contribution is -2.06. The lowest BCUT2D eigenvalue weighted by Gasteiger charge is -2.10. The van der Waals surface area contributed by atoms with E-state index in [1.54, 1.807) is 19.2 Å². The fourth-order valence-electron chi connectivity index (χ4n) is 3.07. The van der Waals surface area contributed by atoms with E-state index in [-0.39, 0.29) is 5.43 Å². The molecule has 0 N–H and O–H groups in total. The van der Waals surface area contributed by atoms with Gasteiger partial charge in [0.25, 0.3) is 0 Å². The topological polar surface area (TPSA) is 57.9 Å². The summed E-state index contributed by atoms with van der Waals surface area (Å²) in [6.07, 6.45) is 2.33. The first-order valence-corrected chi connectivity index (χ1v) is 8.18. The average molecular weight is 338 g/mol. The van der Waals surface area contributed by atoms with Crippen molar-refractivity contribution in [3.63, 3.8) is 0 Å². The molecular formula is C20H18O5. The van der Waals surface area contributed by atoms with Gasteiger partial charge in [0.05, 0.1) is 31.3 Å². The first-order valence-electron chi connectivity index (χ1n) is 8.18. The quantitative estimate of drug-likeness (QED) is 0.708. The van der Waals surface area contributed by atoms with Crippen molar-refractivity contribution in [1.82, 2.24) is 0 Å². The van der Waals surface area contributed by atoms with Crippen LogP contribution in [-0.4, -0.2) is 20.3 Å².